The van der Waals surface area contributed by atoms with Gasteiger partial charge in [0.2, 0.25) is 6.23 Å². The Kier molecular flexibility index (Phi) is 5.94. The molecule has 0 aromatic heterocycles. The average Bonchev–Trinajstić information content (AvgIpc) is 3.39. The highest BCUT2D eigenvalue weighted by molar-refractivity contribution is 6.32. The Bertz CT molecular complexity index is 885. The predicted octanol–water partition coefficient (Wildman–Crippen LogP) is 3.91. The first-order valence-corrected chi connectivity index (χ1v) is 10.4. The second-order valence-corrected chi connectivity index (χ2v) is 8.08. The number of rotatable bonds is 6. The maximum atomic E-state index is 6.35. The Hall–Kier alpha value is -2.28. The number of nitrogens with one attached hydrogen (secondary N) is 2. The number of ether oxygens (including phenoxy) is 1. The normalized spacial score (nSPS) is 21.4. The molecule has 2 aliphatic rings. The summed E-state index contributed by atoms with van der Waals surface area (Å²) in [5.74, 6) is 1.33. The number of aliphatic imine (C=N–C) groups is 1. The Morgan fingerprint density at radius 2 is 2.03 bits per heavy atom. The van der Waals surface area contributed by atoms with Gasteiger partial charge in [0.15, 0.2) is 5.84 Å². The Balaban J connectivity index is 1.45. The molecule has 1 saturated heterocycles. The maximum absolute atomic E-state index is 6.35. The van der Waals surface area contributed by atoms with E-state index in [1.54, 1.807) is 0 Å². The summed E-state index contributed by atoms with van der Waals surface area (Å²) < 4.78 is 5.69. The number of likely N-dealkylation sites (N-methyl/N-ethyl adjacent to an activating group) is 1. The SMILES string of the molecule is CNC1CCN(c2ccc(C3N=C(c4ccc(OC(C)C)c(Cl)c4)NO3)cc2)C1. The molecule has 0 aliphatic carbocycles. The monoisotopic (exact) mass is 414 g/mol. The van der Waals surface area contributed by atoms with Gasteiger partial charge in [-0.2, -0.15) is 0 Å². The summed E-state index contributed by atoms with van der Waals surface area (Å²) in [6.45, 7) is 6.06. The van der Waals surface area contributed by atoms with Gasteiger partial charge in [-0.1, -0.05) is 23.7 Å². The van der Waals surface area contributed by atoms with Crippen LogP contribution in [0.5, 0.6) is 5.75 Å². The summed E-state index contributed by atoms with van der Waals surface area (Å²) in [4.78, 5) is 12.8. The molecule has 2 heterocycles. The maximum Gasteiger partial charge on any atom is 0.202 e. The zero-order valence-corrected chi connectivity index (χ0v) is 17.7. The Labute approximate surface area is 176 Å². The molecule has 29 heavy (non-hydrogen) atoms. The number of halogens is 1. The molecule has 6 nitrogen and oxygen atoms in total. The molecular formula is C22H27ClN4O2. The third-order valence-electron chi connectivity index (χ3n) is 5.22. The van der Waals surface area contributed by atoms with E-state index in [1.807, 2.05) is 39.1 Å². The molecule has 0 amide bonds. The lowest BCUT2D eigenvalue weighted by Crippen LogP contribution is -2.29. The van der Waals surface area contributed by atoms with Crippen molar-refractivity contribution < 1.29 is 9.57 Å². The number of amidine groups is 1. The van der Waals surface area contributed by atoms with Crippen LogP contribution in [0.15, 0.2) is 47.5 Å². The predicted molar refractivity (Wildman–Crippen MR) is 117 cm³/mol. The van der Waals surface area contributed by atoms with Crippen LogP contribution in [0.25, 0.3) is 0 Å². The van der Waals surface area contributed by atoms with E-state index in [0.29, 0.717) is 22.6 Å². The van der Waals surface area contributed by atoms with Crippen LogP contribution < -0.4 is 20.4 Å². The Morgan fingerprint density at radius 1 is 1.24 bits per heavy atom. The minimum Gasteiger partial charge on any atom is -0.489 e. The van der Waals surface area contributed by atoms with Gasteiger partial charge in [0.25, 0.3) is 0 Å². The number of hydrogen-bond donors (Lipinski definition) is 2. The quantitative estimate of drug-likeness (QED) is 0.750. The molecule has 0 radical (unpaired) electrons. The number of nitrogens with zero attached hydrogens (tertiary/aromatic N) is 2. The first-order chi connectivity index (χ1) is 14.0. The van der Waals surface area contributed by atoms with Gasteiger partial charge in [0, 0.05) is 35.9 Å². The smallest absolute Gasteiger partial charge is 0.202 e. The molecule has 2 aromatic rings. The molecule has 2 atom stereocenters. The first-order valence-electron chi connectivity index (χ1n) is 10.0. The minimum absolute atomic E-state index is 0.0701. The lowest BCUT2D eigenvalue weighted by atomic mass is 10.1. The zero-order chi connectivity index (χ0) is 20.4. The van der Waals surface area contributed by atoms with Gasteiger partial charge in [-0.3, -0.25) is 0 Å². The molecule has 2 unspecified atom stereocenters. The van der Waals surface area contributed by atoms with Crippen LogP contribution in [-0.4, -0.2) is 38.1 Å². The molecule has 0 bridgehead atoms. The molecule has 4 rings (SSSR count). The van der Waals surface area contributed by atoms with Crippen LogP contribution in [-0.2, 0) is 4.84 Å². The fraction of sp³-hybridized carbons (Fsp3) is 0.409. The van der Waals surface area contributed by atoms with Crippen molar-refractivity contribution in [3.8, 4) is 5.75 Å². The van der Waals surface area contributed by atoms with Gasteiger partial charge in [-0.05, 0) is 57.6 Å². The highest BCUT2D eigenvalue weighted by atomic mass is 35.5. The van der Waals surface area contributed by atoms with E-state index in [9.17, 15) is 0 Å². The van der Waals surface area contributed by atoms with Gasteiger partial charge in [0.1, 0.15) is 5.75 Å². The fourth-order valence-corrected chi connectivity index (χ4v) is 3.86. The van der Waals surface area contributed by atoms with Gasteiger partial charge in [-0.25, -0.2) is 15.3 Å². The summed E-state index contributed by atoms with van der Waals surface area (Å²) in [6.07, 6.45) is 0.860. The minimum atomic E-state index is -0.381. The van der Waals surface area contributed by atoms with Gasteiger partial charge in [-0.15, -0.1) is 0 Å². The average molecular weight is 415 g/mol. The highest BCUT2D eigenvalue weighted by Crippen LogP contribution is 2.30. The zero-order valence-electron chi connectivity index (χ0n) is 17.0. The van der Waals surface area contributed by atoms with Crippen LogP contribution in [0.3, 0.4) is 0 Å². The van der Waals surface area contributed by atoms with Crippen molar-refractivity contribution >= 4 is 23.1 Å². The summed E-state index contributed by atoms with van der Waals surface area (Å²) in [6, 6.07) is 14.6. The van der Waals surface area contributed by atoms with E-state index in [1.165, 1.54) is 12.1 Å². The van der Waals surface area contributed by atoms with Crippen molar-refractivity contribution in [1.82, 2.24) is 10.8 Å². The second-order valence-electron chi connectivity index (χ2n) is 7.67. The van der Waals surface area contributed by atoms with Crippen molar-refractivity contribution in [3.63, 3.8) is 0 Å². The molecule has 2 N–H and O–H groups in total. The number of hydrogen-bond acceptors (Lipinski definition) is 6. The fourth-order valence-electron chi connectivity index (χ4n) is 3.64. The molecule has 1 fully saturated rings. The van der Waals surface area contributed by atoms with Crippen LogP contribution in [0.1, 0.15) is 37.6 Å². The topological polar surface area (TPSA) is 58.1 Å². The van der Waals surface area contributed by atoms with E-state index < -0.39 is 0 Å². The summed E-state index contributed by atoms with van der Waals surface area (Å²) in [5, 5.41) is 3.91. The van der Waals surface area contributed by atoms with Gasteiger partial charge < -0.3 is 15.0 Å². The van der Waals surface area contributed by atoms with Crippen LogP contribution in [0, 0.1) is 0 Å². The molecule has 154 valence electrons. The van der Waals surface area contributed by atoms with Crippen molar-refractivity contribution in [1.29, 1.82) is 0 Å². The molecule has 0 spiro atoms. The summed E-state index contributed by atoms with van der Waals surface area (Å²) in [7, 11) is 2.02. The van der Waals surface area contributed by atoms with Crippen molar-refractivity contribution in [2.75, 3.05) is 25.0 Å². The van der Waals surface area contributed by atoms with E-state index >= 15 is 0 Å². The van der Waals surface area contributed by atoms with Crippen molar-refractivity contribution in [3.05, 3.63) is 58.6 Å². The lowest BCUT2D eigenvalue weighted by Gasteiger charge is -2.19. The number of anilines is 1. The van der Waals surface area contributed by atoms with E-state index in [2.05, 4.69) is 45.0 Å². The number of benzene rings is 2. The van der Waals surface area contributed by atoms with E-state index in [-0.39, 0.29) is 12.3 Å². The summed E-state index contributed by atoms with van der Waals surface area (Å²) >= 11 is 6.35. The largest absolute Gasteiger partial charge is 0.489 e. The standard InChI is InChI=1S/C22H27ClN4O2/c1-14(2)28-20-9-6-16(12-19(20)23)21-25-22(29-26-21)15-4-7-18(8-5-15)27-11-10-17(13-27)24-3/h4-9,12,14,17,22,24H,10-11,13H2,1-3H3,(H,25,26). The van der Waals surface area contributed by atoms with Crippen LogP contribution in [0.2, 0.25) is 5.02 Å². The van der Waals surface area contributed by atoms with E-state index in [4.69, 9.17) is 21.2 Å². The third kappa shape index (κ3) is 4.50. The van der Waals surface area contributed by atoms with Crippen LogP contribution in [0.4, 0.5) is 5.69 Å². The Morgan fingerprint density at radius 3 is 2.69 bits per heavy atom. The van der Waals surface area contributed by atoms with E-state index in [0.717, 1.165) is 24.2 Å². The second kappa shape index (κ2) is 8.61. The lowest BCUT2D eigenvalue weighted by molar-refractivity contribution is 0.0377. The highest BCUT2D eigenvalue weighted by Gasteiger charge is 2.24. The molecule has 2 aliphatic heterocycles. The molecule has 2 aromatic carbocycles. The third-order valence-corrected chi connectivity index (χ3v) is 5.52. The van der Waals surface area contributed by atoms with Crippen LogP contribution >= 0.6 is 11.6 Å². The summed E-state index contributed by atoms with van der Waals surface area (Å²) in [5.41, 5.74) is 6.02. The molecular weight excluding hydrogens is 388 g/mol. The first kappa shape index (κ1) is 20.0. The van der Waals surface area contributed by atoms with Crippen molar-refractivity contribution in [2.24, 2.45) is 4.99 Å². The van der Waals surface area contributed by atoms with Gasteiger partial charge >= 0.3 is 0 Å². The molecule has 7 heteroatoms. The van der Waals surface area contributed by atoms with Crippen molar-refractivity contribution in [2.45, 2.75) is 38.6 Å². The molecule has 0 saturated carbocycles. The number of hydroxylamine groups is 1. The van der Waals surface area contributed by atoms with Gasteiger partial charge in [0.05, 0.1) is 11.1 Å².